The molecule has 2 heterocycles. The minimum Gasteiger partial charge on any atom is -0.473 e. The Morgan fingerprint density at radius 2 is 1.88 bits per heavy atom. The second-order valence-electron chi connectivity index (χ2n) is 7.69. The number of rotatable bonds is 7. The molecule has 1 aliphatic heterocycles. The second-order valence-corrected chi connectivity index (χ2v) is 9.71. The molecule has 3 rings (SSSR count). The van der Waals surface area contributed by atoms with Crippen LogP contribution in [-0.4, -0.2) is 61.2 Å². The number of piperidine rings is 1. The van der Waals surface area contributed by atoms with Gasteiger partial charge in [0.25, 0.3) is 0 Å². The Kier molecular flexibility index (Phi) is 7.67. The number of nitrogens with one attached hydrogen (secondary N) is 1. The molecule has 12 heteroatoms. The number of hydrogen-bond acceptors (Lipinski definition) is 11. The van der Waals surface area contributed by atoms with E-state index < -0.39 is 16.0 Å². The van der Waals surface area contributed by atoms with E-state index in [1.54, 1.807) is 26.0 Å². The molecule has 1 N–H and O–H groups in total. The van der Waals surface area contributed by atoms with Crippen molar-refractivity contribution >= 4 is 27.5 Å². The Morgan fingerprint density at radius 1 is 1.21 bits per heavy atom. The predicted molar refractivity (Wildman–Crippen MR) is 118 cm³/mol. The minimum atomic E-state index is -3.31. The molecule has 0 bridgehead atoms. The first-order chi connectivity index (χ1) is 15.7. The van der Waals surface area contributed by atoms with Crippen molar-refractivity contribution in [3.05, 3.63) is 36.2 Å². The van der Waals surface area contributed by atoms with Crippen LogP contribution in [0.5, 0.6) is 5.88 Å². The maximum atomic E-state index is 11.6. The topological polar surface area (TPSA) is 144 Å². The molecule has 1 aliphatic rings. The van der Waals surface area contributed by atoms with E-state index in [2.05, 4.69) is 21.4 Å². The maximum absolute atomic E-state index is 11.6. The first kappa shape index (κ1) is 24.2. The highest BCUT2D eigenvalue weighted by Gasteiger charge is 2.26. The monoisotopic (exact) mass is 475 g/mol. The molecule has 0 spiro atoms. The highest BCUT2D eigenvalue weighted by atomic mass is 32.2. The molecule has 1 aromatic carbocycles. The van der Waals surface area contributed by atoms with Crippen LogP contribution in [0.25, 0.3) is 0 Å². The number of nitrogens with zero attached hydrogens (tertiary/aromatic N) is 4. The number of hydrogen-bond donors (Lipinski definition) is 1. The van der Waals surface area contributed by atoms with Gasteiger partial charge in [0.2, 0.25) is 5.88 Å². The molecular formula is C21H25N5O6S. The zero-order valence-corrected chi connectivity index (χ0v) is 19.3. The Hall–Kier alpha value is -3.43. The summed E-state index contributed by atoms with van der Waals surface area (Å²) in [6, 6.07) is 8.16. The minimum absolute atomic E-state index is 0.129. The van der Waals surface area contributed by atoms with Gasteiger partial charge in [0.05, 0.1) is 11.0 Å². The second kappa shape index (κ2) is 10.5. The van der Waals surface area contributed by atoms with Crippen molar-refractivity contribution in [3.63, 3.8) is 0 Å². The number of sulfone groups is 1. The zero-order chi connectivity index (χ0) is 24.0. The Morgan fingerprint density at radius 3 is 2.45 bits per heavy atom. The van der Waals surface area contributed by atoms with Gasteiger partial charge < -0.3 is 19.6 Å². The fourth-order valence-corrected chi connectivity index (χ4v) is 3.73. The number of ether oxygens (including phenoxy) is 2. The Labute approximate surface area is 192 Å². The number of hydroxylamine groups is 2. The van der Waals surface area contributed by atoms with Gasteiger partial charge in [0.1, 0.15) is 18.5 Å². The lowest BCUT2D eigenvalue weighted by atomic mass is 10.1. The van der Waals surface area contributed by atoms with Crippen molar-refractivity contribution in [2.45, 2.75) is 43.8 Å². The number of nitriles is 1. The molecule has 1 aromatic heterocycles. The van der Waals surface area contributed by atoms with Crippen LogP contribution in [-0.2, 0) is 19.4 Å². The Bertz CT molecular complexity index is 1120. The lowest BCUT2D eigenvalue weighted by Gasteiger charge is -2.30. The van der Waals surface area contributed by atoms with Crippen molar-refractivity contribution in [1.29, 1.82) is 5.26 Å². The number of benzene rings is 1. The fourth-order valence-electron chi connectivity index (χ4n) is 3.10. The molecule has 0 aliphatic carbocycles. The quantitative estimate of drug-likeness (QED) is 0.590. The first-order valence-corrected chi connectivity index (χ1v) is 12.2. The van der Waals surface area contributed by atoms with E-state index in [1.165, 1.54) is 23.5 Å². The summed E-state index contributed by atoms with van der Waals surface area (Å²) in [4.78, 5) is 25.2. The van der Waals surface area contributed by atoms with E-state index in [9.17, 15) is 18.5 Å². The predicted octanol–water partition coefficient (Wildman–Crippen LogP) is 2.82. The van der Waals surface area contributed by atoms with Crippen LogP contribution in [0, 0.1) is 11.3 Å². The van der Waals surface area contributed by atoms with E-state index in [0.29, 0.717) is 31.6 Å². The lowest BCUT2D eigenvalue weighted by molar-refractivity contribution is -0.151. The summed E-state index contributed by atoms with van der Waals surface area (Å²) in [7, 11) is -3.31. The molecule has 11 nitrogen and oxygen atoms in total. The molecule has 176 valence electrons. The SMILES string of the molecule is CC(C)OC(=O)ON1CCC(Oc2ncnc(Nc3ccc(S(C)(=O)=O)cc3)c2C#N)CC1. The third-order valence-corrected chi connectivity index (χ3v) is 5.81. The molecule has 1 saturated heterocycles. The number of anilines is 2. The van der Waals surface area contributed by atoms with Crippen LogP contribution >= 0.6 is 0 Å². The Balaban J connectivity index is 1.63. The van der Waals surface area contributed by atoms with Crippen LogP contribution in [0.4, 0.5) is 16.3 Å². The van der Waals surface area contributed by atoms with Gasteiger partial charge in [-0.1, -0.05) is 0 Å². The van der Waals surface area contributed by atoms with Crippen molar-refractivity contribution in [3.8, 4) is 11.9 Å². The van der Waals surface area contributed by atoms with Gasteiger partial charge in [-0.15, -0.1) is 5.06 Å². The molecule has 2 aromatic rings. The van der Waals surface area contributed by atoms with E-state index in [-0.39, 0.29) is 34.4 Å². The molecule has 0 amide bonds. The van der Waals surface area contributed by atoms with Gasteiger partial charge in [-0.05, 0) is 38.1 Å². The zero-order valence-electron chi connectivity index (χ0n) is 18.5. The summed E-state index contributed by atoms with van der Waals surface area (Å²) in [6.07, 6.45) is 2.29. The van der Waals surface area contributed by atoms with Gasteiger partial charge in [-0.3, -0.25) is 0 Å². The summed E-state index contributed by atoms with van der Waals surface area (Å²) >= 11 is 0. The number of aromatic nitrogens is 2. The fraction of sp³-hybridized carbons (Fsp3) is 0.429. The molecule has 0 radical (unpaired) electrons. The average Bonchev–Trinajstić information content (AvgIpc) is 2.74. The van der Waals surface area contributed by atoms with Crippen LogP contribution < -0.4 is 10.1 Å². The summed E-state index contributed by atoms with van der Waals surface area (Å²) in [5, 5.41) is 14.2. The van der Waals surface area contributed by atoms with Gasteiger partial charge in [0, 0.05) is 37.9 Å². The standard InChI is InChI=1S/C21H25N5O6S/c1-14(2)30-21(27)32-26-10-8-16(9-11-26)31-20-18(12-22)19(23-13-24-20)25-15-4-6-17(7-5-15)33(3,28)29/h4-7,13-14,16H,8-11H2,1-3H3,(H,23,24,25). The van der Waals surface area contributed by atoms with Crippen molar-refractivity contribution in [2.75, 3.05) is 24.7 Å². The van der Waals surface area contributed by atoms with Crippen LogP contribution in [0.3, 0.4) is 0 Å². The normalized spacial score (nSPS) is 15.0. The summed E-state index contributed by atoms with van der Waals surface area (Å²) in [5.41, 5.74) is 0.686. The van der Waals surface area contributed by atoms with Crippen molar-refractivity contribution in [1.82, 2.24) is 15.0 Å². The maximum Gasteiger partial charge on any atom is 0.528 e. The molecule has 33 heavy (non-hydrogen) atoms. The van der Waals surface area contributed by atoms with E-state index >= 15 is 0 Å². The molecule has 0 atom stereocenters. The van der Waals surface area contributed by atoms with Crippen molar-refractivity contribution in [2.24, 2.45) is 0 Å². The first-order valence-electron chi connectivity index (χ1n) is 10.3. The number of carbonyl (C=O) groups is 1. The van der Waals surface area contributed by atoms with E-state index in [1.807, 2.05) is 0 Å². The largest absolute Gasteiger partial charge is 0.528 e. The van der Waals surface area contributed by atoms with Gasteiger partial charge >= 0.3 is 6.16 Å². The third-order valence-electron chi connectivity index (χ3n) is 4.68. The highest BCUT2D eigenvalue weighted by Crippen LogP contribution is 2.27. The summed E-state index contributed by atoms with van der Waals surface area (Å²) in [5.74, 6) is 0.383. The summed E-state index contributed by atoms with van der Waals surface area (Å²) < 4.78 is 34.1. The van der Waals surface area contributed by atoms with Crippen molar-refractivity contribution < 1.29 is 27.5 Å². The van der Waals surface area contributed by atoms with Gasteiger partial charge in [-0.25, -0.2) is 23.2 Å². The van der Waals surface area contributed by atoms with Crippen LogP contribution in [0.15, 0.2) is 35.5 Å². The highest BCUT2D eigenvalue weighted by molar-refractivity contribution is 7.90. The van der Waals surface area contributed by atoms with E-state index in [0.717, 1.165) is 6.26 Å². The smallest absolute Gasteiger partial charge is 0.473 e. The third kappa shape index (κ3) is 6.77. The average molecular weight is 476 g/mol. The number of carbonyl (C=O) groups excluding carboxylic acids is 1. The molecule has 1 fully saturated rings. The molecule has 0 saturated carbocycles. The lowest BCUT2D eigenvalue weighted by Crippen LogP contribution is -2.40. The molecule has 0 unspecified atom stereocenters. The van der Waals surface area contributed by atoms with Crippen LogP contribution in [0.1, 0.15) is 32.3 Å². The molecular weight excluding hydrogens is 450 g/mol. The van der Waals surface area contributed by atoms with Gasteiger partial charge in [0.15, 0.2) is 21.2 Å². The van der Waals surface area contributed by atoms with E-state index in [4.69, 9.17) is 14.3 Å². The van der Waals surface area contributed by atoms with Crippen LogP contribution in [0.2, 0.25) is 0 Å². The van der Waals surface area contributed by atoms with Gasteiger partial charge in [-0.2, -0.15) is 5.26 Å². The summed E-state index contributed by atoms with van der Waals surface area (Å²) in [6.45, 7) is 4.37.